The molecule has 46 heavy (non-hydrogen) atoms. The quantitative estimate of drug-likeness (QED) is 0.236. The van der Waals surface area contributed by atoms with Crippen molar-refractivity contribution in [2.45, 2.75) is 134 Å². The molecule has 2 nitrogen and oxygen atoms in total. The lowest BCUT2D eigenvalue weighted by molar-refractivity contribution is 0.0577. The van der Waals surface area contributed by atoms with E-state index in [1.165, 1.54) is 82.6 Å². The molecule has 0 N–H and O–H groups in total. The highest BCUT2D eigenvalue weighted by atomic mass is 15.3. The Balaban J connectivity index is 1.19. The third-order valence-electron chi connectivity index (χ3n) is 16.6. The summed E-state index contributed by atoms with van der Waals surface area (Å²) in [5.41, 5.74) is 16.3. The molecule has 0 spiro atoms. The van der Waals surface area contributed by atoms with Crippen LogP contribution < -0.4 is 26.2 Å². The van der Waals surface area contributed by atoms with Gasteiger partial charge in [0.25, 0.3) is 6.71 Å². The summed E-state index contributed by atoms with van der Waals surface area (Å²) < 4.78 is 0. The first-order valence-electron chi connectivity index (χ1n) is 19.2. The zero-order valence-corrected chi connectivity index (χ0v) is 28.9. The van der Waals surface area contributed by atoms with Crippen molar-refractivity contribution in [3.05, 3.63) is 65.2 Å². The van der Waals surface area contributed by atoms with E-state index in [9.17, 15) is 0 Å². The number of hydrogen-bond donors (Lipinski definition) is 0. The van der Waals surface area contributed by atoms with Gasteiger partial charge in [0.2, 0.25) is 0 Å². The standard InChI is InChI=1S/C43H51BN2/c1-26-20-35-37-36(21-26)46-39-32(41(3)23-28-13-7-9-15-30(28)25-43(41,46)5)17-11-19-34(39)44(37)33-18-10-16-31-38(33)45(35)42(4)24-29-14-8-6-12-27(29)22-40(31,42)2/h10-11,16-21,27-30H,6-9,12-15,22-25H2,1-5H3. The van der Waals surface area contributed by atoms with E-state index in [1.54, 1.807) is 50.3 Å². The van der Waals surface area contributed by atoms with Crippen molar-refractivity contribution in [1.29, 1.82) is 0 Å². The minimum atomic E-state index is 0.0994. The lowest BCUT2D eigenvalue weighted by Crippen LogP contribution is -2.67. The first-order chi connectivity index (χ1) is 22.2. The molecule has 8 unspecified atom stereocenters. The smallest absolute Gasteiger partial charge is 0.252 e. The topological polar surface area (TPSA) is 6.48 Å². The van der Waals surface area contributed by atoms with E-state index in [0.29, 0.717) is 6.71 Å². The molecule has 4 aliphatic heterocycles. The molecule has 8 aliphatic rings. The fraction of sp³-hybridized carbons (Fsp3) is 0.581. The Morgan fingerprint density at radius 3 is 1.43 bits per heavy atom. The Morgan fingerprint density at radius 2 is 1.00 bits per heavy atom. The van der Waals surface area contributed by atoms with Crippen LogP contribution in [0.15, 0.2) is 48.5 Å². The SMILES string of the molecule is Cc1cc2c3c(c1)N1c4c(cccc4C4(C)CC5CCCCC5CC14C)B3c1cccc3c1N2C1(C)CC2CCCCC2CC31C. The van der Waals surface area contributed by atoms with Gasteiger partial charge in [-0.2, -0.15) is 0 Å². The summed E-state index contributed by atoms with van der Waals surface area (Å²) in [7, 11) is 0. The van der Waals surface area contributed by atoms with Gasteiger partial charge < -0.3 is 9.80 Å². The molecule has 3 aromatic carbocycles. The Hall–Kier alpha value is -2.68. The van der Waals surface area contributed by atoms with E-state index in [0.717, 1.165) is 23.7 Å². The zero-order chi connectivity index (χ0) is 31.0. The summed E-state index contributed by atoms with van der Waals surface area (Å²) in [6, 6.07) is 20.3. The van der Waals surface area contributed by atoms with Crippen molar-refractivity contribution in [3.8, 4) is 0 Å². The fourth-order valence-corrected chi connectivity index (χ4v) is 14.2. The highest BCUT2D eigenvalue weighted by Gasteiger charge is 2.67. The van der Waals surface area contributed by atoms with Crippen molar-refractivity contribution in [2.24, 2.45) is 23.7 Å². The van der Waals surface area contributed by atoms with Gasteiger partial charge in [0.05, 0.1) is 11.1 Å². The zero-order valence-electron chi connectivity index (χ0n) is 28.9. The minimum Gasteiger partial charge on any atom is -0.335 e. The van der Waals surface area contributed by atoms with E-state index < -0.39 is 0 Å². The monoisotopic (exact) mass is 606 g/mol. The Morgan fingerprint density at radius 1 is 0.587 bits per heavy atom. The molecule has 4 fully saturated rings. The number of hydrogen-bond acceptors (Lipinski definition) is 2. The van der Waals surface area contributed by atoms with Gasteiger partial charge in [-0.3, -0.25) is 0 Å². The van der Waals surface area contributed by atoms with Crippen LogP contribution in [-0.4, -0.2) is 17.8 Å². The molecule has 0 saturated heterocycles. The first kappa shape index (κ1) is 27.3. The van der Waals surface area contributed by atoms with Crippen molar-refractivity contribution in [3.63, 3.8) is 0 Å². The second kappa shape index (κ2) is 8.48. The van der Waals surface area contributed by atoms with Gasteiger partial charge in [0.15, 0.2) is 0 Å². The maximum atomic E-state index is 2.97. The van der Waals surface area contributed by atoms with Crippen LogP contribution >= 0.6 is 0 Å². The van der Waals surface area contributed by atoms with Crippen molar-refractivity contribution < 1.29 is 0 Å². The number of para-hydroxylation sites is 2. The summed E-state index contributed by atoms with van der Waals surface area (Å²) in [5, 5.41) is 0. The lowest BCUT2D eigenvalue weighted by atomic mass is 9.33. The minimum absolute atomic E-state index is 0.0994. The highest BCUT2D eigenvalue weighted by Crippen LogP contribution is 2.67. The molecule has 3 heteroatoms. The van der Waals surface area contributed by atoms with Crippen LogP contribution in [0.2, 0.25) is 0 Å². The molecule has 0 aromatic heterocycles. The Labute approximate surface area is 277 Å². The number of fused-ring (bicyclic) bond motifs is 12. The second-order valence-corrected chi connectivity index (χ2v) is 18.4. The van der Waals surface area contributed by atoms with Gasteiger partial charge in [-0.05, 0) is 115 Å². The van der Waals surface area contributed by atoms with Gasteiger partial charge in [0, 0.05) is 33.6 Å². The molecule has 4 aliphatic carbocycles. The molecule has 236 valence electrons. The molecule has 4 saturated carbocycles. The number of anilines is 4. The van der Waals surface area contributed by atoms with Gasteiger partial charge in [0.1, 0.15) is 0 Å². The summed E-state index contributed by atoms with van der Waals surface area (Å²) in [6.45, 7) is 13.4. The van der Waals surface area contributed by atoms with Crippen molar-refractivity contribution in [2.75, 3.05) is 9.80 Å². The second-order valence-electron chi connectivity index (χ2n) is 18.4. The lowest BCUT2D eigenvalue weighted by Gasteiger charge is -2.58. The number of aryl methyl sites for hydroxylation is 1. The fourth-order valence-electron chi connectivity index (χ4n) is 14.2. The van der Waals surface area contributed by atoms with E-state index >= 15 is 0 Å². The van der Waals surface area contributed by atoms with Gasteiger partial charge >= 0.3 is 0 Å². The van der Waals surface area contributed by atoms with E-state index in [1.807, 2.05) is 0 Å². The third-order valence-corrected chi connectivity index (χ3v) is 16.6. The van der Waals surface area contributed by atoms with Crippen molar-refractivity contribution in [1.82, 2.24) is 0 Å². The maximum absolute atomic E-state index is 2.97. The maximum Gasteiger partial charge on any atom is 0.252 e. The van der Waals surface area contributed by atoms with Crippen LogP contribution in [-0.2, 0) is 10.8 Å². The molecule has 8 atom stereocenters. The predicted molar refractivity (Wildman–Crippen MR) is 194 cm³/mol. The van der Waals surface area contributed by atoms with E-state index in [2.05, 4.69) is 92.9 Å². The molecule has 3 aromatic rings. The molecule has 0 bridgehead atoms. The normalized spacial score (nSPS) is 40.3. The predicted octanol–water partition coefficient (Wildman–Crippen LogP) is 8.67. The molecule has 0 amide bonds. The molecular weight excluding hydrogens is 555 g/mol. The van der Waals surface area contributed by atoms with E-state index in [4.69, 9.17) is 0 Å². The van der Waals surface area contributed by atoms with Crippen LogP contribution in [0.1, 0.15) is 121 Å². The Kier molecular flexibility index (Phi) is 5.03. The van der Waals surface area contributed by atoms with Crippen LogP contribution in [0.3, 0.4) is 0 Å². The third kappa shape index (κ3) is 2.86. The summed E-state index contributed by atoms with van der Waals surface area (Å²) in [6.07, 6.45) is 16.9. The van der Waals surface area contributed by atoms with Crippen LogP contribution in [0, 0.1) is 30.6 Å². The molecular formula is C43H51BN2. The van der Waals surface area contributed by atoms with Gasteiger partial charge in [-0.15, -0.1) is 0 Å². The van der Waals surface area contributed by atoms with Crippen molar-refractivity contribution >= 4 is 45.9 Å². The number of nitrogens with zero attached hydrogens (tertiary/aromatic N) is 2. The summed E-state index contributed by atoms with van der Waals surface area (Å²) >= 11 is 0. The first-order valence-corrected chi connectivity index (χ1v) is 19.2. The molecule has 4 heterocycles. The number of rotatable bonds is 0. The van der Waals surface area contributed by atoms with Crippen LogP contribution in [0.25, 0.3) is 0 Å². The molecule has 0 radical (unpaired) electrons. The average molecular weight is 607 g/mol. The van der Waals surface area contributed by atoms with E-state index in [-0.39, 0.29) is 21.9 Å². The highest BCUT2D eigenvalue weighted by molar-refractivity contribution is 7.00. The average Bonchev–Trinajstić information content (AvgIpc) is 3.37. The number of benzene rings is 3. The van der Waals surface area contributed by atoms with Gasteiger partial charge in [-0.1, -0.05) is 102 Å². The molecule has 11 rings (SSSR count). The van der Waals surface area contributed by atoms with Crippen LogP contribution in [0.5, 0.6) is 0 Å². The summed E-state index contributed by atoms with van der Waals surface area (Å²) in [5.74, 6) is 3.52. The van der Waals surface area contributed by atoms with Crippen LogP contribution in [0.4, 0.5) is 22.7 Å². The largest absolute Gasteiger partial charge is 0.335 e. The van der Waals surface area contributed by atoms with Gasteiger partial charge in [-0.25, -0.2) is 0 Å². The summed E-state index contributed by atoms with van der Waals surface area (Å²) in [4.78, 5) is 5.94. The Bertz CT molecular complexity index is 1730.